The Hall–Kier alpha value is -1.32. The molecular weight excluding hydrogens is 254 g/mol. The van der Waals surface area contributed by atoms with Crippen LogP contribution in [-0.4, -0.2) is 23.5 Å². The van der Waals surface area contributed by atoms with E-state index < -0.39 is 11.9 Å². The molecule has 0 bridgehead atoms. The van der Waals surface area contributed by atoms with Crippen molar-refractivity contribution in [2.45, 2.75) is 57.8 Å². The summed E-state index contributed by atoms with van der Waals surface area (Å²) in [7, 11) is 0. The Bertz CT molecular complexity index is 389. The molecule has 0 aromatic carbocycles. The Morgan fingerprint density at radius 2 is 1.90 bits per heavy atom. The number of hydrogen-bond acceptors (Lipinski definition) is 2. The Balaban J connectivity index is 1.78. The fraction of sp³-hybridized carbons (Fsp3) is 0.750. The van der Waals surface area contributed by atoms with Gasteiger partial charge in [0.15, 0.2) is 0 Å². The van der Waals surface area contributed by atoms with Crippen molar-refractivity contribution in [2.24, 2.45) is 11.8 Å². The number of amides is 1. The number of carbonyl (C=O) groups excluding carboxylic acids is 1. The summed E-state index contributed by atoms with van der Waals surface area (Å²) in [5.74, 6) is -1.70. The van der Waals surface area contributed by atoms with Gasteiger partial charge in [-0.2, -0.15) is 0 Å². The van der Waals surface area contributed by atoms with Crippen LogP contribution >= 0.6 is 0 Å². The summed E-state index contributed by atoms with van der Waals surface area (Å²) < 4.78 is 0. The highest BCUT2D eigenvalue weighted by molar-refractivity contribution is 5.84. The molecule has 2 rings (SSSR count). The van der Waals surface area contributed by atoms with Crippen molar-refractivity contribution >= 4 is 11.9 Å². The van der Waals surface area contributed by atoms with Crippen LogP contribution in [0.3, 0.4) is 0 Å². The maximum absolute atomic E-state index is 12.2. The third-order valence-electron chi connectivity index (χ3n) is 4.55. The van der Waals surface area contributed by atoms with Crippen molar-refractivity contribution in [1.82, 2.24) is 5.32 Å². The van der Waals surface area contributed by atoms with E-state index >= 15 is 0 Å². The highest BCUT2D eigenvalue weighted by Crippen LogP contribution is 2.30. The molecule has 2 aliphatic rings. The molecule has 0 spiro atoms. The van der Waals surface area contributed by atoms with Crippen LogP contribution in [0.25, 0.3) is 0 Å². The number of carboxylic acids is 1. The number of aliphatic carboxylic acids is 1. The topological polar surface area (TPSA) is 66.4 Å². The van der Waals surface area contributed by atoms with Crippen molar-refractivity contribution in [2.75, 3.05) is 6.54 Å². The molecule has 0 aromatic rings. The molecule has 112 valence electrons. The highest BCUT2D eigenvalue weighted by atomic mass is 16.4. The van der Waals surface area contributed by atoms with Crippen molar-refractivity contribution in [1.29, 1.82) is 0 Å². The fourth-order valence-electron chi connectivity index (χ4n) is 3.35. The van der Waals surface area contributed by atoms with Gasteiger partial charge < -0.3 is 10.4 Å². The van der Waals surface area contributed by atoms with Crippen LogP contribution < -0.4 is 5.32 Å². The summed E-state index contributed by atoms with van der Waals surface area (Å²) in [5, 5.41) is 12.1. The third kappa shape index (κ3) is 4.09. The predicted octanol–water partition coefficient (Wildman–Crippen LogP) is 2.88. The van der Waals surface area contributed by atoms with E-state index in [1.54, 1.807) is 0 Å². The lowest BCUT2D eigenvalue weighted by Crippen LogP contribution is -2.40. The van der Waals surface area contributed by atoms with Gasteiger partial charge in [-0.3, -0.25) is 9.59 Å². The average Bonchev–Trinajstić information content (AvgIpc) is 2.48. The van der Waals surface area contributed by atoms with Gasteiger partial charge in [0.05, 0.1) is 11.8 Å². The smallest absolute Gasteiger partial charge is 0.307 e. The van der Waals surface area contributed by atoms with Crippen molar-refractivity contribution in [3.63, 3.8) is 0 Å². The van der Waals surface area contributed by atoms with E-state index in [0.29, 0.717) is 19.4 Å². The highest BCUT2D eigenvalue weighted by Gasteiger charge is 2.35. The Morgan fingerprint density at radius 1 is 1.15 bits per heavy atom. The Kier molecular flexibility index (Phi) is 5.62. The fourth-order valence-corrected chi connectivity index (χ4v) is 3.35. The number of allylic oxidation sites excluding steroid dienone is 1. The van der Waals surface area contributed by atoms with Gasteiger partial charge in [-0.1, -0.05) is 24.5 Å². The Morgan fingerprint density at radius 3 is 2.55 bits per heavy atom. The minimum Gasteiger partial charge on any atom is -0.481 e. The second-order valence-electron chi connectivity index (χ2n) is 5.98. The quantitative estimate of drug-likeness (QED) is 0.760. The summed E-state index contributed by atoms with van der Waals surface area (Å²) in [6.07, 6.45) is 11.3. The van der Waals surface area contributed by atoms with E-state index in [2.05, 4.69) is 11.4 Å². The van der Waals surface area contributed by atoms with Crippen molar-refractivity contribution < 1.29 is 14.7 Å². The van der Waals surface area contributed by atoms with E-state index in [1.807, 2.05) is 0 Å². The first-order valence-corrected chi connectivity index (χ1v) is 7.87. The van der Waals surface area contributed by atoms with Gasteiger partial charge in [-0.15, -0.1) is 0 Å². The normalized spacial score (nSPS) is 26.7. The van der Waals surface area contributed by atoms with Crippen molar-refractivity contribution in [3.05, 3.63) is 11.6 Å². The molecule has 2 atom stereocenters. The number of rotatable bonds is 5. The van der Waals surface area contributed by atoms with Gasteiger partial charge in [0.2, 0.25) is 5.91 Å². The monoisotopic (exact) mass is 279 g/mol. The van der Waals surface area contributed by atoms with Gasteiger partial charge in [-0.25, -0.2) is 0 Å². The first kappa shape index (κ1) is 15.1. The lowest BCUT2D eigenvalue weighted by atomic mass is 9.78. The first-order valence-electron chi connectivity index (χ1n) is 7.87. The van der Waals surface area contributed by atoms with E-state index in [0.717, 1.165) is 32.1 Å². The molecule has 1 fully saturated rings. The summed E-state index contributed by atoms with van der Waals surface area (Å²) in [5.41, 5.74) is 1.44. The van der Waals surface area contributed by atoms with E-state index in [-0.39, 0.29) is 11.8 Å². The van der Waals surface area contributed by atoms with E-state index in [9.17, 15) is 14.7 Å². The predicted molar refractivity (Wildman–Crippen MR) is 77.3 cm³/mol. The summed E-state index contributed by atoms with van der Waals surface area (Å²) in [4.78, 5) is 23.4. The third-order valence-corrected chi connectivity index (χ3v) is 4.55. The van der Waals surface area contributed by atoms with Crippen LogP contribution in [0.4, 0.5) is 0 Å². The summed E-state index contributed by atoms with van der Waals surface area (Å²) in [6.45, 7) is 0.646. The molecule has 2 aliphatic carbocycles. The van der Waals surface area contributed by atoms with Crippen LogP contribution in [0, 0.1) is 11.8 Å². The number of nitrogens with one attached hydrogen (secondary N) is 1. The number of hydrogen-bond donors (Lipinski definition) is 2. The van der Waals surface area contributed by atoms with Crippen LogP contribution in [0.1, 0.15) is 57.8 Å². The van der Waals surface area contributed by atoms with Gasteiger partial charge in [0.1, 0.15) is 0 Å². The summed E-state index contributed by atoms with van der Waals surface area (Å²) >= 11 is 0. The van der Waals surface area contributed by atoms with Gasteiger partial charge in [0, 0.05) is 6.54 Å². The maximum Gasteiger partial charge on any atom is 0.307 e. The Labute approximate surface area is 120 Å². The molecule has 4 heteroatoms. The van der Waals surface area contributed by atoms with Gasteiger partial charge in [0.25, 0.3) is 0 Å². The minimum absolute atomic E-state index is 0.0616. The van der Waals surface area contributed by atoms with Crippen molar-refractivity contribution in [3.8, 4) is 0 Å². The first-order chi connectivity index (χ1) is 9.68. The van der Waals surface area contributed by atoms with Crippen LogP contribution in [0.15, 0.2) is 11.6 Å². The van der Waals surface area contributed by atoms with Gasteiger partial charge in [-0.05, 0) is 44.9 Å². The van der Waals surface area contributed by atoms with Crippen LogP contribution in [0.2, 0.25) is 0 Å². The average molecular weight is 279 g/mol. The molecule has 0 aromatic heterocycles. The summed E-state index contributed by atoms with van der Waals surface area (Å²) in [6, 6.07) is 0. The molecule has 0 heterocycles. The lowest BCUT2D eigenvalue weighted by molar-refractivity contribution is -0.148. The number of carboxylic acid groups (broad SMARTS) is 1. The number of carbonyl (C=O) groups is 2. The molecule has 1 saturated carbocycles. The van der Waals surface area contributed by atoms with Gasteiger partial charge >= 0.3 is 5.97 Å². The molecule has 0 saturated heterocycles. The molecular formula is C16H25NO3. The largest absolute Gasteiger partial charge is 0.481 e. The van der Waals surface area contributed by atoms with Crippen LogP contribution in [-0.2, 0) is 9.59 Å². The molecule has 2 unspecified atom stereocenters. The van der Waals surface area contributed by atoms with Crippen LogP contribution in [0.5, 0.6) is 0 Å². The minimum atomic E-state index is -0.820. The standard InChI is InChI=1S/C16H25NO3/c18-15(13-8-4-5-9-14(13)16(19)20)17-11-10-12-6-2-1-3-7-12/h6,13-14H,1-5,7-11H2,(H,17,18)(H,19,20). The molecule has 0 radical (unpaired) electrons. The second kappa shape index (κ2) is 7.46. The molecule has 2 N–H and O–H groups in total. The SMILES string of the molecule is O=C(O)C1CCCCC1C(=O)NCCC1=CCCCC1. The molecule has 0 aliphatic heterocycles. The zero-order valence-electron chi connectivity index (χ0n) is 12.1. The van der Waals surface area contributed by atoms with E-state index in [1.165, 1.54) is 18.4 Å². The van der Waals surface area contributed by atoms with E-state index in [4.69, 9.17) is 0 Å². The molecule has 4 nitrogen and oxygen atoms in total. The zero-order valence-corrected chi connectivity index (χ0v) is 12.1. The lowest BCUT2D eigenvalue weighted by Gasteiger charge is -2.27. The second-order valence-corrected chi connectivity index (χ2v) is 5.98. The zero-order chi connectivity index (χ0) is 14.4. The molecule has 20 heavy (non-hydrogen) atoms. The maximum atomic E-state index is 12.2. The molecule has 1 amide bonds.